The highest BCUT2D eigenvalue weighted by molar-refractivity contribution is 5.37. The van der Waals surface area contributed by atoms with E-state index in [0.717, 1.165) is 24.4 Å². The number of anilines is 1. The van der Waals surface area contributed by atoms with Gasteiger partial charge in [0, 0.05) is 18.8 Å². The highest BCUT2D eigenvalue weighted by Gasteiger charge is 2.08. The van der Waals surface area contributed by atoms with Crippen molar-refractivity contribution in [1.29, 1.82) is 0 Å². The molecule has 0 atom stereocenters. The molecule has 0 aliphatic carbocycles. The third kappa shape index (κ3) is 3.31. The number of rotatable bonds is 6. The van der Waals surface area contributed by atoms with Gasteiger partial charge in [0.05, 0.1) is 11.4 Å². The molecule has 0 saturated heterocycles. The summed E-state index contributed by atoms with van der Waals surface area (Å²) in [6.07, 6.45) is 2.81. The van der Waals surface area contributed by atoms with E-state index in [1.165, 1.54) is 6.33 Å². The molecule has 0 saturated carbocycles. The fourth-order valence-electron chi connectivity index (χ4n) is 2.11. The predicted octanol–water partition coefficient (Wildman–Crippen LogP) is 2.49. The van der Waals surface area contributed by atoms with Crippen LogP contribution in [-0.2, 0) is 13.0 Å². The third-order valence-electron chi connectivity index (χ3n) is 3.14. The van der Waals surface area contributed by atoms with Gasteiger partial charge in [0.2, 0.25) is 0 Å². The minimum absolute atomic E-state index is 0.283. The number of halogens is 1. The van der Waals surface area contributed by atoms with Crippen molar-refractivity contribution in [3.05, 3.63) is 35.3 Å². The topological polar surface area (TPSA) is 55.6 Å². The molecule has 108 valence electrons. The molecule has 2 aromatic heterocycles. The van der Waals surface area contributed by atoms with Crippen LogP contribution in [0.3, 0.4) is 0 Å². The van der Waals surface area contributed by atoms with Crippen LogP contribution < -0.4 is 5.32 Å². The summed E-state index contributed by atoms with van der Waals surface area (Å²) < 4.78 is 15.8. The maximum absolute atomic E-state index is 13.9. The summed E-state index contributed by atoms with van der Waals surface area (Å²) in [6.45, 7) is 7.34. The van der Waals surface area contributed by atoms with E-state index in [0.29, 0.717) is 18.7 Å². The fraction of sp³-hybridized carbons (Fsp3) is 0.500. The van der Waals surface area contributed by atoms with Gasteiger partial charge in [0.1, 0.15) is 6.33 Å². The monoisotopic (exact) mass is 277 g/mol. The molecule has 2 heterocycles. The normalized spacial score (nSPS) is 10.8. The van der Waals surface area contributed by atoms with E-state index in [1.54, 1.807) is 0 Å². The zero-order valence-electron chi connectivity index (χ0n) is 12.1. The number of hydrogen-bond acceptors (Lipinski definition) is 4. The highest BCUT2D eigenvalue weighted by Crippen LogP contribution is 2.13. The first kappa shape index (κ1) is 14.4. The quantitative estimate of drug-likeness (QED) is 0.824. The molecule has 5 nitrogen and oxygen atoms in total. The van der Waals surface area contributed by atoms with Gasteiger partial charge in [-0.2, -0.15) is 5.10 Å². The number of aromatic nitrogens is 4. The van der Waals surface area contributed by atoms with E-state index in [1.807, 2.05) is 31.5 Å². The van der Waals surface area contributed by atoms with Gasteiger partial charge in [-0.25, -0.2) is 14.4 Å². The molecule has 0 amide bonds. The molecule has 0 fully saturated rings. The van der Waals surface area contributed by atoms with E-state index < -0.39 is 0 Å². The van der Waals surface area contributed by atoms with Crippen LogP contribution in [0.2, 0.25) is 0 Å². The maximum atomic E-state index is 13.9. The van der Waals surface area contributed by atoms with Crippen LogP contribution in [0.25, 0.3) is 0 Å². The predicted molar refractivity (Wildman–Crippen MR) is 76.2 cm³/mol. The van der Waals surface area contributed by atoms with Crippen molar-refractivity contribution >= 4 is 5.82 Å². The Balaban J connectivity index is 1.86. The minimum Gasteiger partial charge on any atom is -0.367 e. The lowest BCUT2D eigenvalue weighted by Crippen LogP contribution is -2.11. The van der Waals surface area contributed by atoms with Gasteiger partial charge in [0.15, 0.2) is 11.6 Å². The average molecular weight is 277 g/mol. The molecule has 0 bridgehead atoms. The molecule has 0 radical (unpaired) electrons. The van der Waals surface area contributed by atoms with Crippen LogP contribution in [0.1, 0.15) is 30.4 Å². The number of nitrogens with one attached hydrogen (secondary N) is 1. The van der Waals surface area contributed by atoms with E-state index in [9.17, 15) is 4.39 Å². The Morgan fingerprint density at radius 1 is 1.30 bits per heavy atom. The van der Waals surface area contributed by atoms with E-state index in [2.05, 4.69) is 20.4 Å². The fourth-order valence-corrected chi connectivity index (χ4v) is 2.11. The summed E-state index contributed by atoms with van der Waals surface area (Å²) in [6, 6.07) is 2.05. The maximum Gasteiger partial charge on any atom is 0.186 e. The number of nitrogens with zero attached hydrogens (tertiary/aromatic N) is 4. The molecule has 0 aromatic carbocycles. The zero-order chi connectivity index (χ0) is 14.5. The lowest BCUT2D eigenvalue weighted by atomic mass is 10.3. The highest BCUT2D eigenvalue weighted by atomic mass is 19.1. The van der Waals surface area contributed by atoms with Crippen LogP contribution in [0.4, 0.5) is 10.2 Å². The standard InChI is InChI=1S/C14H20FN5/c1-4-12-13(15)14(18-9-17-12)16-6-5-7-20-11(3)8-10(2)19-20/h8-9H,4-7H2,1-3H3,(H,16,17,18). The van der Waals surface area contributed by atoms with Crippen LogP contribution in [0, 0.1) is 19.7 Å². The summed E-state index contributed by atoms with van der Waals surface area (Å²) in [5.41, 5.74) is 2.61. The summed E-state index contributed by atoms with van der Waals surface area (Å²) in [5, 5.41) is 7.41. The summed E-state index contributed by atoms with van der Waals surface area (Å²) in [7, 11) is 0. The molecule has 0 aliphatic heterocycles. The van der Waals surface area contributed by atoms with Crippen molar-refractivity contribution in [3.63, 3.8) is 0 Å². The van der Waals surface area contributed by atoms with Gasteiger partial charge >= 0.3 is 0 Å². The van der Waals surface area contributed by atoms with Crippen molar-refractivity contribution < 1.29 is 4.39 Å². The second kappa shape index (κ2) is 6.45. The first-order valence-electron chi connectivity index (χ1n) is 6.86. The van der Waals surface area contributed by atoms with E-state index in [4.69, 9.17) is 0 Å². The molecule has 0 unspecified atom stereocenters. The molecular formula is C14H20FN5. The van der Waals surface area contributed by atoms with Gasteiger partial charge in [-0.05, 0) is 32.8 Å². The molecule has 0 spiro atoms. The van der Waals surface area contributed by atoms with Crippen molar-refractivity contribution in [3.8, 4) is 0 Å². The van der Waals surface area contributed by atoms with Crippen LogP contribution in [0.15, 0.2) is 12.4 Å². The summed E-state index contributed by atoms with van der Waals surface area (Å²) in [5.74, 6) is -0.0636. The Hall–Kier alpha value is -1.98. The largest absolute Gasteiger partial charge is 0.367 e. The minimum atomic E-state index is -0.346. The summed E-state index contributed by atoms with van der Waals surface area (Å²) in [4.78, 5) is 7.84. The SMILES string of the molecule is CCc1ncnc(NCCCn2nc(C)cc2C)c1F. The van der Waals surface area contributed by atoms with Crippen molar-refractivity contribution in [2.24, 2.45) is 0 Å². The number of hydrogen-bond donors (Lipinski definition) is 1. The van der Waals surface area contributed by atoms with Gasteiger partial charge in [-0.3, -0.25) is 4.68 Å². The van der Waals surface area contributed by atoms with Crippen LogP contribution in [-0.4, -0.2) is 26.3 Å². The van der Waals surface area contributed by atoms with Crippen molar-refractivity contribution in [2.75, 3.05) is 11.9 Å². The first-order valence-corrected chi connectivity index (χ1v) is 6.86. The first-order chi connectivity index (χ1) is 9.61. The van der Waals surface area contributed by atoms with Crippen molar-refractivity contribution in [1.82, 2.24) is 19.7 Å². The summed E-state index contributed by atoms with van der Waals surface area (Å²) >= 11 is 0. The Labute approximate surface area is 118 Å². The zero-order valence-corrected chi connectivity index (χ0v) is 12.1. The molecule has 2 aromatic rings. The molecule has 20 heavy (non-hydrogen) atoms. The van der Waals surface area contributed by atoms with Crippen LogP contribution in [0.5, 0.6) is 0 Å². The van der Waals surface area contributed by atoms with E-state index in [-0.39, 0.29) is 11.6 Å². The Morgan fingerprint density at radius 3 is 2.75 bits per heavy atom. The van der Waals surface area contributed by atoms with Gasteiger partial charge in [-0.15, -0.1) is 0 Å². The lowest BCUT2D eigenvalue weighted by Gasteiger charge is -2.09. The second-order valence-corrected chi connectivity index (χ2v) is 4.77. The molecule has 6 heteroatoms. The van der Waals surface area contributed by atoms with Crippen molar-refractivity contribution in [2.45, 2.75) is 40.2 Å². The second-order valence-electron chi connectivity index (χ2n) is 4.77. The Kier molecular flexibility index (Phi) is 4.65. The van der Waals surface area contributed by atoms with Crippen LogP contribution >= 0.6 is 0 Å². The molecular weight excluding hydrogens is 257 g/mol. The molecule has 0 aliphatic rings. The Bertz CT molecular complexity index is 579. The average Bonchev–Trinajstić information content (AvgIpc) is 2.74. The van der Waals surface area contributed by atoms with E-state index >= 15 is 0 Å². The smallest absolute Gasteiger partial charge is 0.186 e. The van der Waals surface area contributed by atoms with Gasteiger partial charge < -0.3 is 5.32 Å². The van der Waals surface area contributed by atoms with Gasteiger partial charge in [-0.1, -0.05) is 6.92 Å². The number of aryl methyl sites for hydroxylation is 4. The lowest BCUT2D eigenvalue weighted by molar-refractivity contribution is 0.568. The van der Waals surface area contributed by atoms with Gasteiger partial charge in [0.25, 0.3) is 0 Å². The Morgan fingerprint density at radius 2 is 2.10 bits per heavy atom. The molecule has 2 rings (SSSR count). The third-order valence-corrected chi connectivity index (χ3v) is 3.14. The molecule has 1 N–H and O–H groups in total.